The summed E-state index contributed by atoms with van der Waals surface area (Å²) in [5, 5.41) is 37.0. The van der Waals surface area contributed by atoms with Gasteiger partial charge in [0.05, 0.1) is 20.3 Å². The molecule has 1 amide bonds. The molecule has 0 fully saturated rings. The van der Waals surface area contributed by atoms with Crippen LogP contribution in [-0.4, -0.2) is 60.9 Å². The van der Waals surface area contributed by atoms with E-state index in [1.54, 1.807) is 18.2 Å². The lowest BCUT2D eigenvalue weighted by Gasteiger charge is -2.19. The van der Waals surface area contributed by atoms with Crippen molar-refractivity contribution in [3.05, 3.63) is 35.3 Å². The smallest absolute Gasteiger partial charge is 0.411 e. The van der Waals surface area contributed by atoms with Gasteiger partial charge in [0.25, 0.3) is 5.95 Å². The molecule has 3 aromatic rings. The zero-order chi connectivity index (χ0) is 24.0. The Balaban J connectivity index is 2.11. The predicted octanol–water partition coefficient (Wildman–Crippen LogP) is 2.57. The van der Waals surface area contributed by atoms with Crippen molar-refractivity contribution in [2.24, 2.45) is 0 Å². The summed E-state index contributed by atoms with van der Waals surface area (Å²) in [6.45, 7) is 1.89. The highest BCUT2D eigenvalue weighted by atomic mass is 19.1. The number of rotatable bonds is 11. The molecule has 0 bridgehead atoms. The van der Waals surface area contributed by atoms with E-state index in [0.29, 0.717) is 29.7 Å². The van der Waals surface area contributed by atoms with E-state index in [4.69, 9.17) is 9.84 Å². The van der Waals surface area contributed by atoms with Crippen LogP contribution in [0.15, 0.2) is 18.2 Å². The first-order chi connectivity index (χ1) is 15.9. The van der Waals surface area contributed by atoms with E-state index in [1.165, 1.54) is 11.8 Å². The summed E-state index contributed by atoms with van der Waals surface area (Å²) < 4.78 is 21.6. The Bertz CT molecular complexity index is 1120. The number of halogens is 1. The first-order valence-corrected chi connectivity index (χ1v) is 10.5. The first kappa shape index (κ1) is 24.1. The van der Waals surface area contributed by atoms with E-state index in [9.17, 15) is 19.4 Å². The van der Waals surface area contributed by atoms with Gasteiger partial charge in [-0.2, -0.15) is 9.37 Å². The van der Waals surface area contributed by atoms with Crippen LogP contribution in [0.1, 0.15) is 37.3 Å². The molecule has 2 aromatic heterocycles. The van der Waals surface area contributed by atoms with Gasteiger partial charge in [0.15, 0.2) is 11.3 Å². The first-order valence-electron chi connectivity index (χ1n) is 10.5. The van der Waals surface area contributed by atoms with Crippen LogP contribution >= 0.6 is 0 Å². The number of aromatic nitrogens is 4. The fourth-order valence-electron chi connectivity index (χ4n) is 3.58. The number of fused-ring (bicyclic) bond motifs is 1. The number of aliphatic hydroxyl groups excluding tert-OH is 2. The number of ether oxygens (including phenoxy) is 1. The van der Waals surface area contributed by atoms with Gasteiger partial charge >= 0.3 is 6.09 Å². The van der Waals surface area contributed by atoms with E-state index >= 15 is 0 Å². The minimum absolute atomic E-state index is 0.0614. The average molecular weight is 462 g/mol. The van der Waals surface area contributed by atoms with Gasteiger partial charge in [-0.05, 0) is 24.5 Å². The summed E-state index contributed by atoms with van der Waals surface area (Å²) >= 11 is 0. The number of hydrogen-bond donors (Lipinski definition) is 5. The van der Waals surface area contributed by atoms with Crippen LogP contribution in [0, 0.1) is 5.95 Å². The highest BCUT2D eigenvalue weighted by Gasteiger charge is 2.22. The Labute approximate surface area is 189 Å². The van der Waals surface area contributed by atoms with Gasteiger partial charge in [-0.25, -0.2) is 9.78 Å². The third-order valence-corrected chi connectivity index (χ3v) is 5.07. The summed E-state index contributed by atoms with van der Waals surface area (Å²) in [6, 6.07) is 4.97. The molecule has 0 saturated carbocycles. The van der Waals surface area contributed by atoms with Crippen molar-refractivity contribution in [3.8, 4) is 5.75 Å². The summed E-state index contributed by atoms with van der Waals surface area (Å²) in [5.74, 6) is -0.489. The van der Waals surface area contributed by atoms with Gasteiger partial charge in [-0.3, -0.25) is 10.00 Å². The number of nitrogens with zero attached hydrogens (tertiary/aromatic N) is 4. The average Bonchev–Trinajstić information content (AvgIpc) is 3.09. The molecule has 0 aliphatic rings. The maximum atomic E-state index is 14.8. The molecule has 1 atom stereocenters. The molecule has 5 N–H and O–H groups in total. The van der Waals surface area contributed by atoms with E-state index in [2.05, 4.69) is 20.4 Å². The Hall–Kier alpha value is -3.51. The van der Waals surface area contributed by atoms with E-state index < -0.39 is 12.0 Å². The number of carbonyl (C=O) groups is 1. The lowest BCUT2D eigenvalue weighted by atomic mass is 10.1. The van der Waals surface area contributed by atoms with Crippen molar-refractivity contribution in [3.63, 3.8) is 0 Å². The van der Waals surface area contributed by atoms with Crippen LogP contribution in [0.5, 0.6) is 5.75 Å². The second kappa shape index (κ2) is 10.9. The zero-order valence-corrected chi connectivity index (χ0v) is 18.4. The van der Waals surface area contributed by atoms with Gasteiger partial charge < -0.3 is 25.4 Å². The maximum Gasteiger partial charge on any atom is 0.411 e. The standard InChI is InChI=1S/C21H27FN6O5/c1-3-4-14(7-8-29)23-19-17-16(24-20(25-19)26-21(31)32)18(22)27-28(17)10-13-6-5-12(11-30)9-15(13)33-2/h5-6,9,14,29-30H,3-4,7-8,10-11H2,1-2H3,(H,31,32)(H2,23,24,25,26). The maximum absolute atomic E-state index is 14.8. The monoisotopic (exact) mass is 462 g/mol. The van der Waals surface area contributed by atoms with Crippen LogP contribution in [-0.2, 0) is 13.2 Å². The number of hydrogen-bond acceptors (Lipinski definition) is 8. The van der Waals surface area contributed by atoms with Gasteiger partial charge in [0.1, 0.15) is 11.3 Å². The van der Waals surface area contributed by atoms with Crippen molar-refractivity contribution >= 4 is 28.9 Å². The molecule has 12 heteroatoms. The zero-order valence-electron chi connectivity index (χ0n) is 18.4. The Morgan fingerprint density at radius 1 is 1.27 bits per heavy atom. The molecule has 0 aliphatic heterocycles. The lowest BCUT2D eigenvalue weighted by Crippen LogP contribution is -2.23. The molecule has 0 spiro atoms. The molecule has 1 unspecified atom stereocenters. The molecule has 1 aromatic carbocycles. The summed E-state index contributed by atoms with van der Waals surface area (Å²) in [7, 11) is 1.49. The molecule has 2 heterocycles. The minimum Gasteiger partial charge on any atom is -0.496 e. The van der Waals surface area contributed by atoms with Crippen LogP contribution in [0.4, 0.5) is 21.0 Å². The van der Waals surface area contributed by atoms with E-state index in [-0.39, 0.29) is 48.6 Å². The second-order valence-electron chi connectivity index (χ2n) is 7.42. The van der Waals surface area contributed by atoms with Crippen molar-refractivity contribution in [2.45, 2.75) is 45.4 Å². The fraction of sp³-hybridized carbons (Fsp3) is 0.429. The quantitative estimate of drug-likeness (QED) is 0.289. The van der Waals surface area contributed by atoms with Crippen molar-refractivity contribution in [2.75, 3.05) is 24.4 Å². The van der Waals surface area contributed by atoms with Crippen molar-refractivity contribution in [1.29, 1.82) is 0 Å². The summed E-state index contributed by atoms with van der Waals surface area (Å²) in [6.07, 6.45) is 0.575. The number of carboxylic acid groups (broad SMARTS) is 1. The highest BCUT2D eigenvalue weighted by Crippen LogP contribution is 2.29. The number of amides is 1. The summed E-state index contributed by atoms with van der Waals surface area (Å²) in [5.41, 5.74) is 1.43. The molecule has 0 saturated heterocycles. The molecule has 33 heavy (non-hydrogen) atoms. The SMILES string of the molecule is CCCC(CCO)Nc1nc(NC(=O)O)nc2c(F)nn(Cc3ccc(CO)cc3OC)c12. The van der Waals surface area contributed by atoms with Crippen LogP contribution in [0.3, 0.4) is 0 Å². The molecule has 0 radical (unpaired) electrons. The number of aliphatic hydroxyl groups is 2. The number of methoxy groups -OCH3 is 1. The Morgan fingerprint density at radius 3 is 2.70 bits per heavy atom. The van der Waals surface area contributed by atoms with Gasteiger partial charge in [0.2, 0.25) is 5.95 Å². The number of anilines is 2. The molecule has 178 valence electrons. The fourth-order valence-corrected chi connectivity index (χ4v) is 3.58. The molecular weight excluding hydrogens is 435 g/mol. The predicted molar refractivity (Wildman–Crippen MR) is 119 cm³/mol. The minimum atomic E-state index is -1.39. The molecule has 11 nitrogen and oxygen atoms in total. The lowest BCUT2D eigenvalue weighted by molar-refractivity contribution is 0.209. The van der Waals surface area contributed by atoms with Gasteiger partial charge in [-0.1, -0.05) is 25.5 Å². The largest absolute Gasteiger partial charge is 0.496 e. The third kappa shape index (κ3) is 5.65. The van der Waals surface area contributed by atoms with Gasteiger partial charge in [0, 0.05) is 18.2 Å². The van der Waals surface area contributed by atoms with Crippen LogP contribution in [0.25, 0.3) is 11.0 Å². The molecule has 3 rings (SSSR count). The number of nitrogens with one attached hydrogen (secondary N) is 2. The highest BCUT2D eigenvalue weighted by molar-refractivity contribution is 5.89. The third-order valence-electron chi connectivity index (χ3n) is 5.07. The normalized spacial score (nSPS) is 12.0. The second-order valence-corrected chi connectivity index (χ2v) is 7.42. The van der Waals surface area contributed by atoms with E-state index in [1.807, 2.05) is 12.2 Å². The Morgan fingerprint density at radius 2 is 2.06 bits per heavy atom. The summed E-state index contributed by atoms with van der Waals surface area (Å²) in [4.78, 5) is 19.3. The topological polar surface area (TPSA) is 155 Å². The molecule has 0 aliphatic carbocycles. The Kier molecular flexibility index (Phi) is 7.96. The molecular formula is C21H27FN6O5. The van der Waals surface area contributed by atoms with Crippen molar-refractivity contribution in [1.82, 2.24) is 19.7 Å². The van der Waals surface area contributed by atoms with E-state index in [0.717, 1.165) is 6.42 Å². The van der Waals surface area contributed by atoms with Gasteiger partial charge in [-0.15, -0.1) is 5.10 Å². The van der Waals surface area contributed by atoms with Crippen LogP contribution in [0.2, 0.25) is 0 Å². The van der Waals surface area contributed by atoms with Crippen molar-refractivity contribution < 1.29 is 29.2 Å². The van der Waals surface area contributed by atoms with Crippen LogP contribution < -0.4 is 15.4 Å². The number of benzene rings is 1.